The van der Waals surface area contributed by atoms with Gasteiger partial charge in [-0.05, 0) is 36.8 Å². The second-order valence-electron chi connectivity index (χ2n) is 4.30. The molecule has 0 aliphatic heterocycles. The second kappa shape index (κ2) is 6.43. The molecule has 2 N–H and O–H groups in total. The molecule has 0 radical (unpaired) electrons. The zero-order valence-electron chi connectivity index (χ0n) is 11.5. The molecule has 0 atom stereocenters. The summed E-state index contributed by atoms with van der Waals surface area (Å²) in [5.41, 5.74) is 0.938. The van der Waals surface area contributed by atoms with Crippen molar-refractivity contribution in [2.45, 2.75) is 19.9 Å². The van der Waals surface area contributed by atoms with Crippen molar-refractivity contribution < 1.29 is 14.6 Å². The van der Waals surface area contributed by atoms with Crippen molar-refractivity contribution in [1.82, 2.24) is 0 Å². The molecule has 0 unspecified atom stereocenters. The highest BCUT2D eigenvalue weighted by molar-refractivity contribution is 7.12. The summed E-state index contributed by atoms with van der Waals surface area (Å²) >= 11 is 1.76. The Morgan fingerprint density at radius 1 is 1.30 bits per heavy atom. The van der Waals surface area contributed by atoms with Crippen molar-refractivity contribution in [2.24, 2.45) is 0 Å². The van der Waals surface area contributed by atoms with Gasteiger partial charge in [0.15, 0.2) is 0 Å². The van der Waals surface area contributed by atoms with Crippen molar-refractivity contribution in [3.05, 3.63) is 45.6 Å². The van der Waals surface area contributed by atoms with E-state index in [-0.39, 0.29) is 5.56 Å². The topological polar surface area (TPSA) is 58.6 Å². The molecule has 0 aliphatic carbocycles. The summed E-state index contributed by atoms with van der Waals surface area (Å²) in [4.78, 5) is 13.6. The molecule has 0 saturated carbocycles. The van der Waals surface area contributed by atoms with E-state index in [9.17, 15) is 4.79 Å². The number of anilines is 1. The summed E-state index contributed by atoms with van der Waals surface area (Å²) < 4.78 is 5.24. The average Bonchev–Trinajstić information content (AvgIpc) is 2.92. The number of aryl methyl sites for hydroxylation is 1. The van der Waals surface area contributed by atoms with Crippen LogP contribution in [0.5, 0.6) is 5.75 Å². The van der Waals surface area contributed by atoms with E-state index >= 15 is 0 Å². The van der Waals surface area contributed by atoms with Crippen LogP contribution in [0.3, 0.4) is 0 Å². The molecule has 2 rings (SSSR count). The van der Waals surface area contributed by atoms with Gasteiger partial charge in [0.2, 0.25) is 0 Å². The quantitative estimate of drug-likeness (QED) is 0.853. The Balaban J connectivity index is 2.14. The summed E-state index contributed by atoms with van der Waals surface area (Å²) in [6.45, 7) is 2.78. The van der Waals surface area contributed by atoms with Crippen LogP contribution >= 0.6 is 11.3 Å². The Hall–Kier alpha value is -2.01. The van der Waals surface area contributed by atoms with E-state index in [1.54, 1.807) is 30.6 Å². The molecular formula is C15H17NO3S. The van der Waals surface area contributed by atoms with E-state index in [1.165, 1.54) is 15.8 Å². The minimum absolute atomic E-state index is 0.244. The number of rotatable bonds is 6. The van der Waals surface area contributed by atoms with Crippen LogP contribution in [0.1, 0.15) is 27.0 Å². The summed E-state index contributed by atoms with van der Waals surface area (Å²) in [6.07, 6.45) is 1.03. The van der Waals surface area contributed by atoms with Crippen LogP contribution in [0.4, 0.5) is 5.69 Å². The highest BCUT2D eigenvalue weighted by Crippen LogP contribution is 2.27. The molecular weight excluding hydrogens is 274 g/mol. The number of methoxy groups -OCH3 is 1. The van der Waals surface area contributed by atoms with Crippen LogP contribution in [0, 0.1) is 0 Å². The first-order valence-corrected chi connectivity index (χ1v) is 7.18. The first-order chi connectivity index (χ1) is 9.63. The van der Waals surface area contributed by atoms with Gasteiger partial charge < -0.3 is 15.2 Å². The first-order valence-electron chi connectivity index (χ1n) is 6.36. The molecule has 0 aliphatic rings. The maximum atomic E-state index is 11.0. The number of hydrogen-bond acceptors (Lipinski definition) is 4. The highest BCUT2D eigenvalue weighted by Gasteiger charge is 2.09. The van der Waals surface area contributed by atoms with Gasteiger partial charge in [-0.1, -0.05) is 6.92 Å². The largest absolute Gasteiger partial charge is 0.495 e. The van der Waals surface area contributed by atoms with E-state index in [0.717, 1.165) is 6.42 Å². The predicted molar refractivity (Wildman–Crippen MR) is 81.0 cm³/mol. The molecule has 0 fully saturated rings. The van der Waals surface area contributed by atoms with E-state index in [2.05, 4.69) is 24.4 Å². The van der Waals surface area contributed by atoms with Crippen molar-refractivity contribution in [3.8, 4) is 5.75 Å². The summed E-state index contributed by atoms with van der Waals surface area (Å²) in [5.74, 6) is -0.303. The SMILES string of the molecule is CCc1ccc(CNc2cc(C(=O)O)ccc2OC)s1. The lowest BCUT2D eigenvalue weighted by molar-refractivity contribution is 0.0697. The van der Waals surface area contributed by atoms with E-state index in [1.807, 2.05) is 0 Å². The number of ether oxygens (including phenoxy) is 1. The normalized spacial score (nSPS) is 10.3. The van der Waals surface area contributed by atoms with Crippen LogP contribution < -0.4 is 10.1 Å². The van der Waals surface area contributed by atoms with Crippen LogP contribution in [-0.2, 0) is 13.0 Å². The van der Waals surface area contributed by atoms with Gasteiger partial charge in [0.1, 0.15) is 5.75 Å². The number of carboxylic acids is 1. The van der Waals surface area contributed by atoms with Crippen LogP contribution in [0.15, 0.2) is 30.3 Å². The average molecular weight is 291 g/mol. The van der Waals surface area contributed by atoms with Gasteiger partial charge >= 0.3 is 5.97 Å². The van der Waals surface area contributed by atoms with Crippen LogP contribution in [0.25, 0.3) is 0 Å². The Morgan fingerprint density at radius 2 is 2.05 bits per heavy atom. The van der Waals surface area contributed by atoms with Gasteiger partial charge in [-0.3, -0.25) is 0 Å². The summed E-state index contributed by atoms with van der Waals surface area (Å²) in [6, 6.07) is 9.00. The Morgan fingerprint density at radius 3 is 2.65 bits per heavy atom. The number of aromatic carboxylic acids is 1. The molecule has 1 aromatic heterocycles. The lowest BCUT2D eigenvalue weighted by atomic mass is 10.2. The monoisotopic (exact) mass is 291 g/mol. The molecule has 5 heteroatoms. The number of thiophene rings is 1. The fraction of sp³-hybridized carbons (Fsp3) is 0.267. The van der Waals surface area contributed by atoms with Gasteiger partial charge in [-0.15, -0.1) is 11.3 Å². The third-order valence-electron chi connectivity index (χ3n) is 2.97. The minimum atomic E-state index is -0.944. The molecule has 1 aromatic carbocycles. The Labute approximate surface area is 122 Å². The molecule has 0 saturated heterocycles. The minimum Gasteiger partial charge on any atom is -0.495 e. The molecule has 0 amide bonds. The van der Waals surface area contributed by atoms with Crippen molar-refractivity contribution in [1.29, 1.82) is 0 Å². The molecule has 4 nitrogen and oxygen atoms in total. The first kappa shape index (κ1) is 14.4. The van der Waals surface area contributed by atoms with Gasteiger partial charge in [0, 0.05) is 16.3 Å². The van der Waals surface area contributed by atoms with Crippen molar-refractivity contribution in [3.63, 3.8) is 0 Å². The predicted octanol–water partition coefficient (Wildman–Crippen LogP) is 3.63. The van der Waals surface area contributed by atoms with Crippen LogP contribution in [-0.4, -0.2) is 18.2 Å². The number of carboxylic acid groups (broad SMARTS) is 1. The maximum Gasteiger partial charge on any atom is 0.335 e. The number of benzene rings is 1. The Bertz CT molecular complexity index is 607. The third-order valence-corrected chi connectivity index (χ3v) is 4.19. The lowest BCUT2D eigenvalue weighted by Crippen LogP contribution is -2.03. The van der Waals surface area contributed by atoms with Gasteiger partial charge in [0.25, 0.3) is 0 Å². The molecule has 106 valence electrons. The van der Waals surface area contributed by atoms with Gasteiger partial charge in [0.05, 0.1) is 18.4 Å². The fourth-order valence-electron chi connectivity index (χ4n) is 1.87. The smallest absolute Gasteiger partial charge is 0.335 e. The Kier molecular flexibility index (Phi) is 4.63. The fourth-order valence-corrected chi connectivity index (χ4v) is 2.77. The molecule has 2 aromatic rings. The third kappa shape index (κ3) is 3.30. The van der Waals surface area contributed by atoms with Crippen molar-refractivity contribution in [2.75, 3.05) is 12.4 Å². The molecule has 0 bridgehead atoms. The van der Waals surface area contributed by atoms with E-state index in [0.29, 0.717) is 18.0 Å². The van der Waals surface area contributed by atoms with Gasteiger partial charge in [-0.2, -0.15) is 0 Å². The number of hydrogen-bond donors (Lipinski definition) is 2. The second-order valence-corrected chi connectivity index (χ2v) is 5.55. The summed E-state index contributed by atoms with van der Waals surface area (Å²) in [7, 11) is 1.57. The molecule has 1 heterocycles. The number of carbonyl (C=O) groups is 1. The van der Waals surface area contributed by atoms with Gasteiger partial charge in [-0.25, -0.2) is 4.79 Å². The summed E-state index contributed by atoms with van der Waals surface area (Å²) in [5, 5.41) is 12.3. The molecule has 20 heavy (non-hydrogen) atoms. The highest BCUT2D eigenvalue weighted by atomic mass is 32.1. The van der Waals surface area contributed by atoms with Crippen molar-refractivity contribution >= 4 is 23.0 Å². The van der Waals surface area contributed by atoms with Crippen LogP contribution in [0.2, 0.25) is 0 Å². The number of nitrogens with one attached hydrogen (secondary N) is 1. The molecule has 0 spiro atoms. The zero-order chi connectivity index (χ0) is 14.5. The zero-order valence-corrected chi connectivity index (χ0v) is 12.3. The van der Waals surface area contributed by atoms with E-state index in [4.69, 9.17) is 9.84 Å². The standard InChI is InChI=1S/C15H17NO3S/c1-3-11-5-6-12(20-11)9-16-13-8-10(15(17)18)4-7-14(13)19-2/h4-8,16H,3,9H2,1-2H3,(H,17,18). The van der Waals surface area contributed by atoms with E-state index < -0.39 is 5.97 Å². The maximum absolute atomic E-state index is 11.0. The lowest BCUT2D eigenvalue weighted by Gasteiger charge is -2.11.